The lowest BCUT2D eigenvalue weighted by Crippen LogP contribution is -2.48. The van der Waals surface area contributed by atoms with Crippen molar-refractivity contribution in [1.29, 1.82) is 0 Å². The monoisotopic (exact) mass is 275 g/mol. The van der Waals surface area contributed by atoms with Crippen LogP contribution in [-0.4, -0.2) is 29.9 Å². The Bertz CT molecular complexity index is 472. The molecular formula is C16H21NO3. The van der Waals surface area contributed by atoms with Crippen molar-refractivity contribution in [3.8, 4) is 0 Å². The summed E-state index contributed by atoms with van der Waals surface area (Å²) in [6.45, 7) is 5.28. The van der Waals surface area contributed by atoms with Gasteiger partial charge in [-0.25, -0.2) is 0 Å². The number of amides is 1. The quantitative estimate of drug-likeness (QED) is 0.625. The van der Waals surface area contributed by atoms with E-state index in [-0.39, 0.29) is 17.8 Å². The van der Waals surface area contributed by atoms with Gasteiger partial charge in [-0.05, 0) is 24.8 Å². The molecule has 0 saturated carbocycles. The van der Waals surface area contributed by atoms with Gasteiger partial charge in [0.1, 0.15) is 5.92 Å². The molecule has 2 rings (SSSR count). The van der Waals surface area contributed by atoms with Gasteiger partial charge in [-0.2, -0.15) is 0 Å². The van der Waals surface area contributed by atoms with Crippen LogP contribution in [0.5, 0.6) is 0 Å². The number of carbonyl (C=O) groups is 2. The Hall–Kier alpha value is -1.84. The van der Waals surface area contributed by atoms with E-state index in [0.717, 1.165) is 12.0 Å². The van der Waals surface area contributed by atoms with Crippen molar-refractivity contribution in [2.75, 3.05) is 13.2 Å². The summed E-state index contributed by atoms with van der Waals surface area (Å²) in [6.07, 6.45) is 0.835. The third-order valence-electron chi connectivity index (χ3n) is 3.76. The van der Waals surface area contributed by atoms with Gasteiger partial charge >= 0.3 is 5.97 Å². The largest absolute Gasteiger partial charge is 0.465 e. The molecule has 1 aromatic carbocycles. The van der Waals surface area contributed by atoms with Crippen LogP contribution in [0, 0.1) is 11.8 Å². The van der Waals surface area contributed by atoms with Gasteiger partial charge in [0.15, 0.2) is 0 Å². The molecule has 20 heavy (non-hydrogen) atoms. The van der Waals surface area contributed by atoms with E-state index in [1.165, 1.54) is 0 Å². The molecule has 1 aliphatic heterocycles. The Morgan fingerprint density at radius 3 is 2.70 bits per heavy atom. The summed E-state index contributed by atoms with van der Waals surface area (Å²) in [5.74, 6) is -1.09. The number of likely N-dealkylation sites (tertiary alicyclic amines) is 1. The Morgan fingerprint density at radius 1 is 1.35 bits per heavy atom. The number of piperidine rings is 1. The molecule has 1 aromatic rings. The summed E-state index contributed by atoms with van der Waals surface area (Å²) < 4.78 is 5.03. The van der Waals surface area contributed by atoms with Crippen molar-refractivity contribution in [1.82, 2.24) is 4.90 Å². The molecule has 0 aliphatic carbocycles. The van der Waals surface area contributed by atoms with Crippen molar-refractivity contribution >= 4 is 11.9 Å². The maximum Gasteiger partial charge on any atom is 0.318 e. The number of benzene rings is 1. The third-order valence-corrected chi connectivity index (χ3v) is 3.76. The smallest absolute Gasteiger partial charge is 0.318 e. The van der Waals surface area contributed by atoms with Crippen molar-refractivity contribution < 1.29 is 14.3 Å². The molecule has 1 fully saturated rings. The van der Waals surface area contributed by atoms with Gasteiger partial charge in [0.25, 0.3) is 0 Å². The van der Waals surface area contributed by atoms with E-state index in [4.69, 9.17) is 4.74 Å². The van der Waals surface area contributed by atoms with Crippen LogP contribution in [0.2, 0.25) is 0 Å². The van der Waals surface area contributed by atoms with Crippen LogP contribution >= 0.6 is 0 Å². The molecule has 0 spiro atoms. The maximum absolute atomic E-state index is 12.5. The highest BCUT2D eigenvalue weighted by Crippen LogP contribution is 2.26. The van der Waals surface area contributed by atoms with Crippen molar-refractivity contribution in [2.24, 2.45) is 11.8 Å². The summed E-state index contributed by atoms with van der Waals surface area (Å²) >= 11 is 0. The van der Waals surface area contributed by atoms with Crippen LogP contribution in [0.15, 0.2) is 30.3 Å². The summed E-state index contributed by atoms with van der Waals surface area (Å²) in [5.41, 5.74) is 1.08. The fraction of sp³-hybridized carbons (Fsp3) is 0.500. The molecule has 0 N–H and O–H groups in total. The number of carbonyl (C=O) groups excluding carboxylic acids is 2. The molecule has 1 saturated heterocycles. The molecule has 0 aromatic heterocycles. The molecule has 1 aliphatic rings. The van der Waals surface area contributed by atoms with Gasteiger partial charge in [0, 0.05) is 13.1 Å². The van der Waals surface area contributed by atoms with E-state index < -0.39 is 5.92 Å². The predicted octanol–water partition coefficient (Wildman–Crippen LogP) is 2.23. The van der Waals surface area contributed by atoms with E-state index in [9.17, 15) is 9.59 Å². The predicted molar refractivity (Wildman–Crippen MR) is 75.8 cm³/mol. The zero-order valence-electron chi connectivity index (χ0n) is 12.0. The molecule has 1 amide bonds. The van der Waals surface area contributed by atoms with E-state index in [1.54, 1.807) is 11.8 Å². The maximum atomic E-state index is 12.5. The van der Waals surface area contributed by atoms with Crippen LogP contribution in [0.3, 0.4) is 0 Å². The van der Waals surface area contributed by atoms with Gasteiger partial charge in [0.2, 0.25) is 5.91 Å². The fourth-order valence-corrected chi connectivity index (χ4v) is 2.60. The van der Waals surface area contributed by atoms with E-state index >= 15 is 0 Å². The minimum Gasteiger partial charge on any atom is -0.465 e. The molecular weight excluding hydrogens is 254 g/mol. The Labute approximate surface area is 119 Å². The first-order chi connectivity index (χ1) is 9.63. The van der Waals surface area contributed by atoms with Crippen LogP contribution in [0.4, 0.5) is 0 Å². The van der Waals surface area contributed by atoms with Gasteiger partial charge in [-0.3, -0.25) is 9.59 Å². The zero-order chi connectivity index (χ0) is 14.5. The highest BCUT2D eigenvalue weighted by Gasteiger charge is 2.40. The van der Waals surface area contributed by atoms with Crippen LogP contribution in [0.1, 0.15) is 25.8 Å². The highest BCUT2D eigenvalue weighted by atomic mass is 16.5. The average Bonchev–Trinajstić information content (AvgIpc) is 2.44. The Morgan fingerprint density at radius 2 is 2.05 bits per heavy atom. The van der Waals surface area contributed by atoms with Crippen LogP contribution in [0.25, 0.3) is 0 Å². The summed E-state index contributed by atoms with van der Waals surface area (Å²) in [7, 11) is 0. The lowest BCUT2D eigenvalue weighted by molar-refractivity contribution is -0.161. The molecule has 4 nitrogen and oxygen atoms in total. The number of nitrogens with zero attached hydrogens (tertiary/aromatic N) is 1. The molecule has 2 atom stereocenters. The molecule has 1 heterocycles. The zero-order valence-corrected chi connectivity index (χ0v) is 12.0. The summed E-state index contributed by atoms with van der Waals surface area (Å²) in [6, 6.07) is 9.84. The number of ether oxygens (including phenoxy) is 1. The second-order valence-corrected chi connectivity index (χ2v) is 5.24. The molecule has 108 valence electrons. The third kappa shape index (κ3) is 3.18. The van der Waals surface area contributed by atoms with Crippen LogP contribution in [-0.2, 0) is 20.9 Å². The molecule has 0 radical (unpaired) electrons. The number of esters is 1. The topological polar surface area (TPSA) is 46.6 Å². The SMILES string of the molecule is CCOC(=O)[C@H]1C(=O)N(Cc2ccccc2)CC[C@@H]1C. The van der Waals surface area contributed by atoms with Crippen LogP contribution < -0.4 is 0 Å². The first-order valence-electron chi connectivity index (χ1n) is 7.12. The van der Waals surface area contributed by atoms with Gasteiger partial charge < -0.3 is 9.64 Å². The number of hydrogen-bond acceptors (Lipinski definition) is 3. The van der Waals surface area contributed by atoms with Gasteiger partial charge in [0.05, 0.1) is 6.61 Å². The second kappa shape index (κ2) is 6.55. The van der Waals surface area contributed by atoms with E-state index in [2.05, 4.69) is 0 Å². The second-order valence-electron chi connectivity index (χ2n) is 5.24. The average molecular weight is 275 g/mol. The normalized spacial score (nSPS) is 22.7. The minimum absolute atomic E-state index is 0.0496. The van der Waals surface area contributed by atoms with Crippen molar-refractivity contribution in [3.63, 3.8) is 0 Å². The van der Waals surface area contributed by atoms with Crippen molar-refractivity contribution in [2.45, 2.75) is 26.8 Å². The standard InChI is InChI=1S/C16H21NO3/c1-3-20-16(19)14-12(2)9-10-17(15(14)18)11-13-7-5-4-6-8-13/h4-8,12,14H,3,9-11H2,1-2H3/t12-,14+/m0/s1. The number of hydrogen-bond donors (Lipinski definition) is 0. The Kier molecular flexibility index (Phi) is 4.77. The first-order valence-corrected chi connectivity index (χ1v) is 7.12. The van der Waals surface area contributed by atoms with Gasteiger partial charge in [-0.1, -0.05) is 37.3 Å². The summed E-state index contributed by atoms with van der Waals surface area (Å²) in [5, 5.41) is 0. The Balaban J connectivity index is 2.08. The van der Waals surface area contributed by atoms with E-state index in [0.29, 0.717) is 19.7 Å². The molecule has 0 unspecified atom stereocenters. The van der Waals surface area contributed by atoms with E-state index in [1.807, 2.05) is 37.3 Å². The lowest BCUT2D eigenvalue weighted by Gasteiger charge is -2.35. The molecule has 4 heteroatoms. The molecule has 0 bridgehead atoms. The number of rotatable bonds is 4. The minimum atomic E-state index is -0.646. The lowest BCUT2D eigenvalue weighted by atomic mass is 9.86. The highest BCUT2D eigenvalue weighted by molar-refractivity contribution is 5.98. The fourth-order valence-electron chi connectivity index (χ4n) is 2.60. The van der Waals surface area contributed by atoms with Crippen molar-refractivity contribution in [3.05, 3.63) is 35.9 Å². The summed E-state index contributed by atoms with van der Waals surface area (Å²) in [4.78, 5) is 26.2. The van der Waals surface area contributed by atoms with Gasteiger partial charge in [-0.15, -0.1) is 0 Å². The first kappa shape index (κ1) is 14.6.